The van der Waals surface area contributed by atoms with Crippen molar-refractivity contribution in [3.63, 3.8) is 0 Å². The summed E-state index contributed by atoms with van der Waals surface area (Å²) in [6.45, 7) is 5.00. The summed E-state index contributed by atoms with van der Waals surface area (Å²) in [6.07, 6.45) is 3.98. The second kappa shape index (κ2) is 5.58. The van der Waals surface area contributed by atoms with Crippen molar-refractivity contribution in [1.29, 1.82) is 0 Å². The van der Waals surface area contributed by atoms with Crippen molar-refractivity contribution in [1.82, 2.24) is 4.90 Å². The minimum Gasteiger partial charge on any atom is -0.377 e. The Kier molecular flexibility index (Phi) is 4.70. The number of hydrogen-bond donors (Lipinski definition) is 1. The van der Waals surface area contributed by atoms with Crippen LogP contribution < -0.4 is 5.73 Å². The standard InChI is InChI=1S/C10H22N2O/c1-9(5-6-11)12(2)8-10-4-3-7-13-10/h9-10H,3-8,11H2,1-2H3. The van der Waals surface area contributed by atoms with E-state index in [0.717, 1.165) is 26.1 Å². The molecule has 0 aliphatic carbocycles. The summed E-state index contributed by atoms with van der Waals surface area (Å²) in [5.41, 5.74) is 5.52. The largest absolute Gasteiger partial charge is 0.377 e. The van der Waals surface area contributed by atoms with E-state index in [1.807, 2.05) is 0 Å². The van der Waals surface area contributed by atoms with Crippen LogP contribution >= 0.6 is 0 Å². The van der Waals surface area contributed by atoms with Gasteiger partial charge in [0.25, 0.3) is 0 Å². The van der Waals surface area contributed by atoms with Crippen molar-refractivity contribution in [2.45, 2.75) is 38.3 Å². The molecule has 1 saturated heterocycles. The number of hydrogen-bond acceptors (Lipinski definition) is 3. The molecule has 0 spiro atoms. The highest BCUT2D eigenvalue weighted by Gasteiger charge is 2.19. The van der Waals surface area contributed by atoms with Gasteiger partial charge >= 0.3 is 0 Å². The van der Waals surface area contributed by atoms with Crippen molar-refractivity contribution in [3.05, 3.63) is 0 Å². The van der Waals surface area contributed by atoms with Crippen LogP contribution in [0.1, 0.15) is 26.2 Å². The first kappa shape index (κ1) is 11.0. The molecule has 0 radical (unpaired) electrons. The van der Waals surface area contributed by atoms with E-state index in [9.17, 15) is 0 Å². The molecule has 1 fully saturated rings. The molecule has 0 bridgehead atoms. The Hall–Kier alpha value is -0.120. The highest BCUT2D eigenvalue weighted by molar-refractivity contribution is 4.72. The third-order valence-corrected chi connectivity index (χ3v) is 2.85. The summed E-state index contributed by atoms with van der Waals surface area (Å²) in [5, 5.41) is 0. The molecule has 78 valence electrons. The first-order valence-electron chi connectivity index (χ1n) is 5.26. The van der Waals surface area contributed by atoms with Gasteiger partial charge in [0.05, 0.1) is 6.10 Å². The van der Waals surface area contributed by atoms with Crippen LogP contribution in [0.2, 0.25) is 0 Å². The Balaban J connectivity index is 2.18. The molecule has 3 nitrogen and oxygen atoms in total. The summed E-state index contributed by atoms with van der Waals surface area (Å²) in [7, 11) is 2.15. The maximum Gasteiger partial charge on any atom is 0.0702 e. The van der Waals surface area contributed by atoms with Crippen LogP contribution in [0.3, 0.4) is 0 Å². The molecular weight excluding hydrogens is 164 g/mol. The molecule has 0 amide bonds. The molecule has 0 aromatic heterocycles. The Bertz CT molecular complexity index is 135. The highest BCUT2D eigenvalue weighted by Crippen LogP contribution is 2.14. The van der Waals surface area contributed by atoms with E-state index in [1.165, 1.54) is 12.8 Å². The van der Waals surface area contributed by atoms with Crippen molar-refractivity contribution in [2.24, 2.45) is 5.73 Å². The lowest BCUT2D eigenvalue weighted by Crippen LogP contribution is -2.36. The van der Waals surface area contributed by atoms with E-state index in [4.69, 9.17) is 10.5 Å². The van der Waals surface area contributed by atoms with E-state index in [2.05, 4.69) is 18.9 Å². The van der Waals surface area contributed by atoms with E-state index < -0.39 is 0 Å². The average molecular weight is 186 g/mol. The zero-order valence-corrected chi connectivity index (χ0v) is 8.83. The molecule has 3 heteroatoms. The van der Waals surface area contributed by atoms with Gasteiger partial charge in [-0.1, -0.05) is 0 Å². The van der Waals surface area contributed by atoms with Gasteiger partial charge in [0, 0.05) is 19.2 Å². The van der Waals surface area contributed by atoms with E-state index in [-0.39, 0.29) is 0 Å². The van der Waals surface area contributed by atoms with Crippen molar-refractivity contribution in [2.75, 3.05) is 26.7 Å². The maximum atomic E-state index is 5.58. The quantitative estimate of drug-likeness (QED) is 0.691. The number of likely N-dealkylation sites (N-methyl/N-ethyl adjacent to an activating group) is 1. The van der Waals surface area contributed by atoms with Crippen LogP contribution in [0.25, 0.3) is 0 Å². The van der Waals surface area contributed by atoms with Crippen LogP contribution in [0.5, 0.6) is 0 Å². The molecule has 2 atom stereocenters. The Labute approximate surface area is 81.2 Å². The van der Waals surface area contributed by atoms with Gasteiger partial charge < -0.3 is 15.4 Å². The van der Waals surface area contributed by atoms with Gasteiger partial charge in [0.1, 0.15) is 0 Å². The molecule has 2 unspecified atom stereocenters. The lowest BCUT2D eigenvalue weighted by atomic mass is 10.2. The molecule has 0 saturated carbocycles. The molecule has 13 heavy (non-hydrogen) atoms. The minimum atomic E-state index is 0.463. The summed E-state index contributed by atoms with van der Waals surface area (Å²) in [5.74, 6) is 0. The highest BCUT2D eigenvalue weighted by atomic mass is 16.5. The van der Waals surface area contributed by atoms with Crippen molar-refractivity contribution >= 4 is 0 Å². The predicted molar refractivity (Wildman–Crippen MR) is 54.7 cm³/mol. The fourth-order valence-corrected chi connectivity index (χ4v) is 1.75. The van der Waals surface area contributed by atoms with Gasteiger partial charge in [0.2, 0.25) is 0 Å². The van der Waals surface area contributed by atoms with E-state index >= 15 is 0 Å². The zero-order valence-electron chi connectivity index (χ0n) is 8.83. The molecule has 0 aromatic rings. The van der Waals surface area contributed by atoms with Gasteiger partial charge in [0.15, 0.2) is 0 Å². The number of ether oxygens (including phenoxy) is 1. The van der Waals surface area contributed by atoms with Gasteiger partial charge in [-0.05, 0) is 39.8 Å². The molecule has 1 aliphatic rings. The van der Waals surface area contributed by atoms with Crippen molar-refractivity contribution < 1.29 is 4.74 Å². The lowest BCUT2D eigenvalue weighted by Gasteiger charge is -2.26. The van der Waals surface area contributed by atoms with Crippen LogP contribution in [0, 0.1) is 0 Å². The van der Waals surface area contributed by atoms with Crippen LogP contribution in [-0.4, -0.2) is 43.8 Å². The summed E-state index contributed by atoms with van der Waals surface area (Å²) in [6, 6.07) is 0.578. The zero-order chi connectivity index (χ0) is 9.68. The number of nitrogens with zero attached hydrogens (tertiary/aromatic N) is 1. The second-order valence-corrected chi connectivity index (χ2v) is 4.00. The third kappa shape index (κ3) is 3.63. The third-order valence-electron chi connectivity index (χ3n) is 2.85. The van der Waals surface area contributed by atoms with Gasteiger partial charge in [-0.2, -0.15) is 0 Å². The average Bonchev–Trinajstić information content (AvgIpc) is 2.57. The van der Waals surface area contributed by atoms with E-state index in [0.29, 0.717) is 12.1 Å². The topological polar surface area (TPSA) is 38.5 Å². The first-order valence-corrected chi connectivity index (χ1v) is 5.26. The monoisotopic (exact) mass is 186 g/mol. The van der Waals surface area contributed by atoms with Gasteiger partial charge in [-0.3, -0.25) is 0 Å². The molecular formula is C10H22N2O. The van der Waals surface area contributed by atoms with Crippen LogP contribution in [0.15, 0.2) is 0 Å². The molecule has 1 aliphatic heterocycles. The first-order chi connectivity index (χ1) is 6.24. The van der Waals surface area contributed by atoms with Crippen LogP contribution in [0.4, 0.5) is 0 Å². The fraction of sp³-hybridized carbons (Fsp3) is 1.00. The summed E-state index contributed by atoms with van der Waals surface area (Å²) >= 11 is 0. The minimum absolute atomic E-state index is 0.463. The van der Waals surface area contributed by atoms with Gasteiger partial charge in [-0.15, -0.1) is 0 Å². The SMILES string of the molecule is CC(CCN)N(C)CC1CCCO1. The lowest BCUT2D eigenvalue weighted by molar-refractivity contribution is 0.0695. The number of nitrogens with two attached hydrogens (primary N) is 1. The molecule has 1 rings (SSSR count). The normalized spacial score (nSPS) is 25.4. The second-order valence-electron chi connectivity index (χ2n) is 4.00. The Morgan fingerprint density at radius 1 is 1.62 bits per heavy atom. The molecule has 1 heterocycles. The Morgan fingerprint density at radius 2 is 2.38 bits per heavy atom. The van der Waals surface area contributed by atoms with Gasteiger partial charge in [-0.25, -0.2) is 0 Å². The fourth-order valence-electron chi connectivity index (χ4n) is 1.75. The van der Waals surface area contributed by atoms with Crippen LogP contribution in [-0.2, 0) is 4.74 Å². The predicted octanol–water partition coefficient (Wildman–Crippen LogP) is 0.834. The van der Waals surface area contributed by atoms with Crippen molar-refractivity contribution in [3.8, 4) is 0 Å². The maximum absolute atomic E-state index is 5.58. The van der Waals surface area contributed by atoms with E-state index in [1.54, 1.807) is 0 Å². The molecule has 0 aromatic carbocycles. The summed E-state index contributed by atoms with van der Waals surface area (Å²) in [4.78, 5) is 2.35. The molecule has 2 N–H and O–H groups in total. The Morgan fingerprint density at radius 3 is 2.92 bits per heavy atom. The smallest absolute Gasteiger partial charge is 0.0702 e. The number of rotatable bonds is 5. The summed E-state index contributed by atoms with van der Waals surface area (Å²) < 4.78 is 5.58.